The summed E-state index contributed by atoms with van der Waals surface area (Å²) in [7, 11) is 3.30. The van der Waals surface area contributed by atoms with E-state index in [1.54, 1.807) is 14.2 Å². The first-order valence-electron chi connectivity index (χ1n) is 6.30. The number of benzene rings is 1. The highest BCUT2D eigenvalue weighted by Gasteiger charge is 2.12. The van der Waals surface area contributed by atoms with E-state index in [1.165, 1.54) is 0 Å². The van der Waals surface area contributed by atoms with Crippen molar-refractivity contribution in [2.24, 2.45) is 0 Å². The van der Waals surface area contributed by atoms with Crippen LogP contribution in [0, 0.1) is 18.5 Å². The van der Waals surface area contributed by atoms with Crippen molar-refractivity contribution in [3.63, 3.8) is 0 Å². The number of ether oxygens (including phenoxy) is 2. The molecular weight excluding hydrogens is 272 g/mol. The fraction of sp³-hybridized carbons (Fsp3) is 0.333. The predicted octanol–water partition coefficient (Wildman–Crippen LogP) is 3.58. The van der Waals surface area contributed by atoms with Gasteiger partial charge in [-0.3, -0.25) is 0 Å². The monoisotopic (exact) mass is 290 g/mol. The molecule has 0 amide bonds. The summed E-state index contributed by atoms with van der Waals surface area (Å²) in [6.07, 6.45) is 0. The van der Waals surface area contributed by atoms with E-state index in [1.807, 2.05) is 19.1 Å². The van der Waals surface area contributed by atoms with Crippen LogP contribution in [0.2, 0.25) is 0 Å². The van der Waals surface area contributed by atoms with Crippen molar-refractivity contribution in [2.75, 3.05) is 14.2 Å². The lowest BCUT2D eigenvalue weighted by atomic mass is 10.0. The van der Waals surface area contributed by atoms with Gasteiger partial charge in [0.25, 0.3) is 0 Å². The number of hydrogen-bond acceptors (Lipinski definition) is 4. The second-order valence-corrected chi connectivity index (χ2v) is 5.09. The van der Waals surface area contributed by atoms with Crippen molar-refractivity contribution in [2.45, 2.75) is 20.5 Å². The molecule has 1 aromatic carbocycles. The number of aryl methyl sites for hydroxylation is 2. The van der Waals surface area contributed by atoms with E-state index in [0.29, 0.717) is 17.1 Å². The largest absolute Gasteiger partial charge is 0.496 e. The zero-order valence-electron chi connectivity index (χ0n) is 12.1. The SMILES string of the molecule is COCc1nc(=S)cc(-c2c(C)cc(C)cc2OC)[nH]1. The van der Waals surface area contributed by atoms with Crippen LogP contribution in [0.25, 0.3) is 11.3 Å². The lowest BCUT2D eigenvalue weighted by Crippen LogP contribution is -2.01. The molecule has 0 atom stereocenters. The Bertz CT molecular complexity index is 680. The molecule has 0 radical (unpaired) electrons. The Morgan fingerprint density at radius 2 is 1.95 bits per heavy atom. The highest BCUT2D eigenvalue weighted by molar-refractivity contribution is 7.71. The molecule has 5 heteroatoms. The maximum Gasteiger partial charge on any atom is 0.134 e. The standard InChI is InChI=1S/C15H18N2O2S/c1-9-5-10(2)15(12(6-9)19-4)11-7-14(20)17-13(16-11)8-18-3/h5-7H,8H2,1-4H3,(H,16,17,20). The molecule has 2 aromatic rings. The maximum absolute atomic E-state index is 5.50. The second kappa shape index (κ2) is 6.15. The minimum absolute atomic E-state index is 0.394. The summed E-state index contributed by atoms with van der Waals surface area (Å²) in [4.78, 5) is 7.50. The lowest BCUT2D eigenvalue weighted by Gasteiger charge is -2.14. The number of nitrogens with one attached hydrogen (secondary N) is 1. The van der Waals surface area contributed by atoms with Crippen LogP contribution in [0.1, 0.15) is 17.0 Å². The molecule has 0 saturated carbocycles. The molecule has 0 aliphatic carbocycles. The Balaban J connectivity index is 2.64. The van der Waals surface area contributed by atoms with Gasteiger partial charge in [-0.2, -0.15) is 0 Å². The van der Waals surface area contributed by atoms with E-state index in [9.17, 15) is 0 Å². The molecule has 0 unspecified atom stereocenters. The van der Waals surface area contributed by atoms with Crippen molar-refractivity contribution in [1.82, 2.24) is 9.97 Å². The number of hydrogen-bond donors (Lipinski definition) is 1. The Morgan fingerprint density at radius 3 is 2.60 bits per heavy atom. The first kappa shape index (κ1) is 14.7. The van der Waals surface area contributed by atoms with Crippen LogP contribution in [0.5, 0.6) is 5.75 Å². The van der Waals surface area contributed by atoms with Crippen LogP contribution >= 0.6 is 12.2 Å². The minimum Gasteiger partial charge on any atom is -0.496 e. The molecule has 0 fully saturated rings. The molecular formula is C15H18N2O2S. The predicted molar refractivity (Wildman–Crippen MR) is 81.6 cm³/mol. The number of H-pyrrole nitrogens is 1. The number of rotatable bonds is 4. The first-order valence-corrected chi connectivity index (χ1v) is 6.70. The van der Waals surface area contributed by atoms with Gasteiger partial charge in [0.2, 0.25) is 0 Å². The Kier molecular flexibility index (Phi) is 4.52. The minimum atomic E-state index is 0.394. The normalized spacial score (nSPS) is 10.6. The van der Waals surface area contributed by atoms with E-state index in [2.05, 4.69) is 23.0 Å². The molecule has 0 saturated heterocycles. The van der Waals surface area contributed by atoms with Gasteiger partial charge in [-0.25, -0.2) is 4.98 Å². The van der Waals surface area contributed by atoms with Crippen LogP contribution in [0.15, 0.2) is 18.2 Å². The fourth-order valence-corrected chi connectivity index (χ4v) is 2.51. The van der Waals surface area contributed by atoms with Gasteiger partial charge in [0.1, 0.15) is 22.8 Å². The highest BCUT2D eigenvalue weighted by atomic mass is 32.1. The van der Waals surface area contributed by atoms with E-state index in [4.69, 9.17) is 21.7 Å². The van der Waals surface area contributed by atoms with E-state index < -0.39 is 0 Å². The van der Waals surface area contributed by atoms with Gasteiger partial charge in [-0.1, -0.05) is 18.3 Å². The molecule has 0 bridgehead atoms. The van der Waals surface area contributed by atoms with Gasteiger partial charge in [-0.05, 0) is 37.1 Å². The summed E-state index contributed by atoms with van der Waals surface area (Å²) in [6, 6.07) is 5.97. The molecule has 0 aliphatic rings. The van der Waals surface area contributed by atoms with Crippen LogP contribution < -0.4 is 4.74 Å². The summed E-state index contributed by atoms with van der Waals surface area (Å²) in [6.45, 7) is 4.49. The lowest BCUT2D eigenvalue weighted by molar-refractivity contribution is 0.177. The molecule has 1 N–H and O–H groups in total. The smallest absolute Gasteiger partial charge is 0.134 e. The second-order valence-electron chi connectivity index (χ2n) is 4.67. The summed E-state index contributed by atoms with van der Waals surface area (Å²) in [5.74, 6) is 1.53. The zero-order valence-corrected chi connectivity index (χ0v) is 12.9. The van der Waals surface area contributed by atoms with Gasteiger partial charge in [0.15, 0.2) is 0 Å². The maximum atomic E-state index is 5.50. The van der Waals surface area contributed by atoms with Crippen LogP contribution in [-0.4, -0.2) is 24.2 Å². The molecule has 0 spiro atoms. The number of aromatic nitrogens is 2. The van der Waals surface area contributed by atoms with E-state index in [0.717, 1.165) is 28.1 Å². The summed E-state index contributed by atoms with van der Waals surface area (Å²) in [5, 5.41) is 0. The first-order chi connectivity index (χ1) is 9.55. The number of methoxy groups -OCH3 is 2. The molecule has 0 aliphatic heterocycles. The topological polar surface area (TPSA) is 47.1 Å². The summed E-state index contributed by atoms with van der Waals surface area (Å²) in [5.41, 5.74) is 4.19. The van der Waals surface area contributed by atoms with Crippen molar-refractivity contribution >= 4 is 12.2 Å². The highest BCUT2D eigenvalue weighted by Crippen LogP contribution is 2.33. The van der Waals surface area contributed by atoms with Crippen molar-refractivity contribution in [1.29, 1.82) is 0 Å². The van der Waals surface area contributed by atoms with Crippen LogP contribution in [0.4, 0.5) is 0 Å². The molecule has 1 aromatic heterocycles. The molecule has 2 rings (SSSR count). The summed E-state index contributed by atoms with van der Waals surface area (Å²) < 4.78 is 11.1. The van der Waals surface area contributed by atoms with Crippen LogP contribution in [0.3, 0.4) is 0 Å². The van der Waals surface area contributed by atoms with Crippen LogP contribution in [-0.2, 0) is 11.3 Å². The van der Waals surface area contributed by atoms with Gasteiger partial charge in [0.05, 0.1) is 12.8 Å². The Labute approximate surface area is 123 Å². The zero-order chi connectivity index (χ0) is 14.7. The van der Waals surface area contributed by atoms with E-state index >= 15 is 0 Å². The Hall–Kier alpha value is -1.72. The van der Waals surface area contributed by atoms with Gasteiger partial charge in [0, 0.05) is 12.7 Å². The molecule has 4 nitrogen and oxygen atoms in total. The molecule has 106 valence electrons. The number of aromatic amines is 1. The average Bonchev–Trinajstić information content (AvgIpc) is 2.37. The van der Waals surface area contributed by atoms with Gasteiger partial charge in [-0.15, -0.1) is 0 Å². The summed E-state index contributed by atoms with van der Waals surface area (Å²) >= 11 is 5.22. The third-order valence-electron chi connectivity index (χ3n) is 3.01. The average molecular weight is 290 g/mol. The molecule has 1 heterocycles. The third kappa shape index (κ3) is 3.05. The quantitative estimate of drug-likeness (QED) is 0.874. The number of nitrogens with zero attached hydrogens (tertiary/aromatic N) is 1. The van der Waals surface area contributed by atoms with E-state index in [-0.39, 0.29) is 0 Å². The van der Waals surface area contributed by atoms with Crippen molar-refractivity contribution < 1.29 is 9.47 Å². The third-order valence-corrected chi connectivity index (χ3v) is 3.22. The Morgan fingerprint density at radius 1 is 1.20 bits per heavy atom. The van der Waals surface area contributed by atoms with Gasteiger partial charge >= 0.3 is 0 Å². The van der Waals surface area contributed by atoms with Gasteiger partial charge < -0.3 is 14.5 Å². The van der Waals surface area contributed by atoms with Crippen molar-refractivity contribution in [3.05, 3.63) is 39.8 Å². The van der Waals surface area contributed by atoms with Crippen molar-refractivity contribution in [3.8, 4) is 17.0 Å². The fourth-order valence-electron chi connectivity index (χ4n) is 2.28. The molecule has 20 heavy (non-hydrogen) atoms.